The summed E-state index contributed by atoms with van der Waals surface area (Å²) in [4.78, 5) is 13.7. The summed E-state index contributed by atoms with van der Waals surface area (Å²) in [6.07, 6.45) is 6.75. The Bertz CT molecular complexity index is 514. The first-order valence-corrected chi connectivity index (χ1v) is 7.57. The summed E-state index contributed by atoms with van der Waals surface area (Å²) in [5.41, 5.74) is 13.6. The molecular formula is C16H23N3O. The minimum absolute atomic E-state index is 0.419. The summed E-state index contributed by atoms with van der Waals surface area (Å²) in [6.45, 7) is 2.06. The second-order valence-corrected chi connectivity index (χ2v) is 6.15. The summed E-state index contributed by atoms with van der Waals surface area (Å²) in [7, 11) is 0. The van der Waals surface area contributed by atoms with E-state index in [9.17, 15) is 4.79 Å². The highest BCUT2D eigenvalue weighted by Gasteiger charge is 2.34. The molecular weight excluding hydrogens is 250 g/mol. The zero-order valence-corrected chi connectivity index (χ0v) is 11.8. The molecule has 2 aliphatic rings. The van der Waals surface area contributed by atoms with Gasteiger partial charge in [-0.25, -0.2) is 0 Å². The topological polar surface area (TPSA) is 72.4 Å². The fraction of sp³-hybridized carbons (Fsp3) is 0.562. The monoisotopic (exact) mass is 273 g/mol. The van der Waals surface area contributed by atoms with E-state index in [0.29, 0.717) is 11.3 Å². The van der Waals surface area contributed by atoms with Crippen LogP contribution in [0.1, 0.15) is 48.0 Å². The van der Waals surface area contributed by atoms with Crippen molar-refractivity contribution in [1.82, 2.24) is 4.90 Å². The summed E-state index contributed by atoms with van der Waals surface area (Å²) in [5, 5.41) is 0. The van der Waals surface area contributed by atoms with Crippen LogP contribution < -0.4 is 11.5 Å². The van der Waals surface area contributed by atoms with Gasteiger partial charge in [-0.3, -0.25) is 9.69 Å². The Hall–Kier alpha value is -1.55. The first kappa shape index (κ1) is 13.4. The van der Waals surface area contributed by atoms with Crippen LogP contribution in [-0.2, 0) is 6.54 Å². The van der Waals surface area contributed by atoms with E-state index < -0.39 is 5.91 Å². The van der Waals surface area contributed by atoms with E-state index in [-0.39, 0.29) is 0 Å². The van der Waals surface area contributed by atoms with Gasteiger partial charge in [0.1, 0.15) is 0 Å². The number of nitrogens with two attached hydrogens (primary N) is 2. The molecule has 0 aromatic heterocycles. The van der Waals surface area contributed by atoms with Crippen molar-refractivity contribution in [3.63, 3.8) is 0 Å². The first-order chi connectivity index (χ1) is 9.65. The Morgan fingerprint density at radius 3 is 2.80 bits per heavy atom. The van der Waals surface area contributed by atoms with Gasteiger partial charge in [-0.15, -0.1) is 0 Å². The van der Waals surface area contributed by atoms with Crippen LogP contribution in [0.25, 0.3) is 0 Å². The molecule has 0 radical (unpaired) electrons. The molecule has 4 N–H and O–H groups in total. The molecule has 1 aromatic rings. The van der Waals surface area contributed by atoms with Gasteiger partial charge in [-0.05, 0) is 55.8 Å². The Kier molecular flexibility index (Phi) is 3.66. The molecule has 1 aliphatic carbocycles. The van der Waals surface area contributed by atoms with Gasteiger partial charge in [-0.1, -0.05) is 12.5 Å². The molecule has 2 atom stereocenters. The Morgan fingerprint density at radius 2 is 2.05 bits per heavy atom. The highest BCUT2D eigenvalue weighted by Crippen LogP contribution is 2.37. The molecule has 3 rings (SSSR count). The third-order valence-electron chi connectivity index (χ3n) is 4.91. The molecule has 1 amide bonds. The van der Waals surface area contributed by atoms with Crippen LogP contribution in [0.5, 0.6) is 0 Å². The molecule has 0 spiro atoms. The summed E-state index contributed by atoms with van der Waals surface area (Å²) >= 11 is 0. The lowest BCUT2D eigenvalue weighted by atomic mass is 9.91. The van der Waals surface area contributed by atoms with Crippen molar-refractivity contribution in [1.29, 1.82) is 0 Å². The first-order valence-electron chi connectivity index (χ1n) is 7.57. The predicted molar refractivity (Wildman–Crippen MR) is 80.1 cm³/mol. The van der Waals surface area contributed by atoms with E-state index in [0.717, 1.165) is 30.6 Å². The van der Waals surface area contributed by atoms with Gasteiger partial charge >= 0.3 is 0 Å². The summed E-state index contributed by atoms with van der Waals surface area (Å²) < 4.78 is 0. The van der Waals surface area contributed by atoms with Gasteiger partial charge in [0.2, 0.25) is 5.91 Å². The molecule has 1 aliphatic heterocycles. The zero-order valence-electron chi connectivity index (χ0n) is 11.8. The molecule has 4 nitrogen and oxygen atoms in total. The van der Waals surface area contributed by atoms with Gasteiger partial charge in [0.25, 0.3) is 0 Å². The minimum atomic E-state index is -0.419. The molecule has 1 heterocycles. The quantitative estimate of drug-likeness (QED) is 0.829. The molecule has 1 saturated heterocycles. The number of likely N-dealkylation sites (tertiary alicyclic amines) is 1. The fourth-order valence-electron chi connectivity index (χ4n) is 3.86. The Balaban J connectivity index is 1.75. The maximum absolute atomic E-state index is 11.2. The number of primary amides is 1. The second kappa shape index (κ2) is 5.44. The largest absolute Gasteiger partial charge is 0.398 e. The van der Waals surface area contributed by atoms with Crippen LogP contribution in [0.2, 0.25) is 0 Å². The maximum Gasteiger partial charge on any atom is 0.248 e. The average Bonchev–Trinajstić information content (AvgIpc) is 2.90. The standard InChI is InChI=1S/C16H23N3O/c17-14-9-12(16(18)20)6-7-13(14)10-19-8-2-4-11-3-1-5-15(11)19/h6-7,9,11,15H,1-5,8,10,17H2,(H2,18,20). The van der Waals surface area contributed by atoms with Gasteiger partial charge in [0.15, 0.2) is 0 Å². The van der Waals surface area contributed by atoms with E-state index >= 15 is 0 Å². The van der Waals surface area contributed by atoms with Crippen molar-refractivity contribution in [2.45, 2.75) is 44.7 Å². The lowest BCUT2D eigenvalue weighted by Gasteiger charge is -2.38. The minimum Gasteiger partial charge on any atom is -0.398 e. The van der Waals surface area contributed by atoms with E-state index in [2.05, 4.69) is 4.90 Å². The van der Waals surface area contributed by atoms with Crippen LogP contribution in [0.4, 0.5) is 5.69 Å². The number of fused-ring (bicyclic) bond motifs is 1. The molecule has 4 heteroatoms. The van der Waals surface area contributed by atoms with Gasteiger partial charge in [-0.2, -0.15) is 0 Å². The number of hydrogen-bond acceptors (Lipinski definition) is 3. The SMILES string of the molecule is NC(=O)c1ccc(CN2CCCC3CCCC32)c(N)c1. The summed E-state index contributed by atoms with van der Waals surface area (Å²) in [6, 6.07) is 6.17. The van der Waals surface area contributed by atoms with Crippen molar-refractivity contribution in [3.8, 4) is 0 Å². The predicted octanol–water partition coefficient (Wildman–Crippen LogP) is 2.13. The van der Waals surface area contributed by atoms with Crippen LogP contribution in [0, 0.1) is 5.92 Å². The number of anilines is 1. The van der Waals surface area contributed by atoms with Crippen LogP contribution in [-0.4, -0.2) is 23.4 Å². The van der Waals surface area contributed by atoms with Crippen molar-refractivity contribution in [2.24, 2.45) is 11.7 Å². The van der Waals surface area contributed by atoms with Crippen LogP contribution in [0.3, 0.4) is 0 Å². The normalized spacial score (nSPS) is 26.4. The lowest BCUT2D eigenvalue weighted by molar-refractivity contribution is 0.1000. The third-order valence-corrected chi connectivity index (χ3v) is 4.91. The number of nitrogens with zero attached hydrogens (tertiary/aromatic N) is 1. The zero-order chi connectivity index (χ0) is 14.1. The third kappa shape index (κ3) is 2.52. The number of piperidine rings is 1. The molecule has 108 valence electrons. The molecule has 0 bridgehead atoms. The van der Waals surface area contributed by atoms with E-state index in [1.165, 1.54) is 32.1 Å². The summed E-state index contributed by atoms with van der Waals surface area (Å²) in [5.74, 6) is 0.465. The fourth-order valence-corrected chi connectivity index (χ4v) is 3.86. The Labute approximate surface area is 120 Å². The molecule has 1 saturated carbocycles. The number of benzene rings is 1. The smallest absolute Gasteiger partial charge is 0.248 e. The van der Waals surface area contributed by atoms with Gasteiger partial charge in [0.05, 0.1) is 0 Å². The van der Waals surface area contributed by atoms with Gasteiger partial charge < -0.3 is 11.5 Å². The highest BCUT2D eigenvalue weighted by molar-refractivity contribution is 5.93. The average molecular weight is 273 g/mol. The number of nitrogen functional groups attached to an aromatic ring is 1. The van der Waals surface area contributed by atoms with E-state index in [4.69, 9.17) is 11.5 Å². The molecule has 1 aromatic carbocycles. The second-order valence-electron chi connectivity index (χ2n) is 6.15. The number of carbonyl (C=O) groups excluding carboxylic acids is 1. The number of amides is 1. The maximum atomic E-state index is 11.2. The van der Waals surface area contributed by atoms with Crippen molar-refractivity contribution in [3.05, 3.63) is 29.3 Å². The van der Waals surface area contributed by atoms with Crippen molar-refractivity contribution in [2.75, 3.05) is 12.3 Å². The van der Waals surface area contributed by atoms with Crippen molar-refractivity contribution >= 4 is 11.6 Å². The molecule has 2 fully saturated rings. The van der Waals surface area contributed by atoms with Crippen LogP contribution in [0.15, 0.2) is 18.2 Å². The van der Waals surface area contributed by atoms with Crippen LogP contribution >= 0.6 is 0 Å². The molecule has 2 unspecified atom stereocenters. The highest BCUT2D eigenvalue weighted by atomic mass is 16.1. The van der Waals surface area contributed by atoms with Crippen molar-refractivity contribution < 1.29 is 4.79 Å². The lowest BCUT2D eigenvalue weighted by Crippen LogP contribution is -2.42. The Morgan fingerprint density at radius 1 is 1.25 bits per heavy atom. The van der Waals surface area contributed by atoms with E-state index in [1.54, 1.807) is 12.1 Å². The molecule has 20 heavy (non-hydrogen) atoms. The number of hydrogen-bond donors (Lipinski definition) is 2. The van der Waals surface area contributed by atoms with E-state index in [1.807, 2.05) is 6.07 Å². The van der Waals surface area contributed by atoms with Gasteiger partial charge in [0, 0.05) is 23.8 Å². The number of carbonyl (C=O) groups is 1. The number of rotatable bonds is 3.